The molecule has 0 fully saturated rings. The molecule has 0 bridgehead atoms. The van der Waals surface area contributed by atoms with Gasteiger partial charge < -0.3 is 0 Å². The second-order valence-electron chi connectivity index (χ2n) is 10.6. The molecule has 0 unspecified atom stereocenters. The first-order chi connectivity index (χ1) is 19.6. The van der Waals surface area contributed by atoms with E-state index in [2.05, 4.69) is 12.1 Å². The minimum atomic E-state index is -0.129. The first kappa shape index (κ1) is 21.5. The summed E-state index contributed by atoms with van der Waals surface area (Å²) in [6.45, 7) is 0. The summed E-state index contributed by atoms with van der Waals surface area (Å²) in [6.07, 6.45) is 0. The molecular formula is C37H18O3. The fraction of sp³-hybridized carbons (Fsp3) is 0. The minimum Gasteiger partial charge on any atom is -0.289 e. The molecule has 0 amide bonds. The van der Waals surface area contributed by atoms with Gasteiger partial charge in [-0.25, -0.2) is 0 Å². The van der Waals surface area contributed by atoms with E-state index in [1.807, 2.05) is 91.0 Å². The van der Waals surface area contributed by atoms with Crippen LogP contribution in [0, 0.1) is 0 Å². The van der Waals surface area contributed by atoms with Gasteiger partial charge in [0.15, 0.2) is 16.6 Å². The predicted octanol–water partition coefficient (Wildman–Crippen LogP) is 8.02. The maximum atomic E-state index is 14.1. The first-order valence-electron chi connectivity index (χ1n) is 13.3. The predicted molar refractivity (Wildman–Crippen MR) is 165 cm³/mol. The van der Waals surface area contributed by atoms with Crippen molar-refractivity contribution in [2.75, 3.05) is 0 Å². The zero-order valence-corrected chi connectivity index (χ0v) is 21.1. The smallest absolute Gasteiger partial charge is 0.194 e. The molecule has 0 spiro atoms. The highest BCUT2D eigenvalue weighted by Gasteiger charge is 2.25. The Kier molecular flexibility index (Phi) is 3.96. The van der Waals surface area contributed by atoms with Crippen LogP contribution in [-0.4, -0.2) is 5.78 Å². The van der Waals surface area contributed by atoms with Crippen LogP contribution < -0.4 is 10.9 Å². The van der Waals surface area contributed by atoms with E-state index >= 15 is 0 Å². The van der Waals surface area contributed by atoms with Crippen LogP contribution in [0.3, 0.4) is 0 Å². The maximum Gasteiger partial charge on any atom is 0.194 e. The van der Waals surface area contributed by atoms with Crippen LogP contribution >= 0.6 is 0 Å². The van der Waals surface area contributed by atoms with E-state index in [9.17, 15) is 14.4 Å². The average Bonchev–Trinajstić information content (AvgIpc) is 3.01. The molecule has 0 atom stereocenters. The summed E-state index contributed by atoms with van der Waals surface area (Å²) in [7, 11) is 0. The molecule has 0 radical (unpaired) electrons. The Morgan fingerprint density at radius 2 is 0.975 bits per heavy atom. The molecule has 0 heterocycles. The number of hydrogen-bond acceptors (Lipinski definition) is 3. The van der Waals surface area contributed by atoms with Crippen molar-refractivity contribution in [3.63, 3.8) is 0 Å². The van der Waals surface area contributed by atoms with Gasteiger partial charge in [0.2, 0.25) is 0 Å². The van der Waals surface area contributed by atoms with Gasteiger partial charge in [-0.1, -0.05) is 84.9 Å². The Balaban J connectivity index is 1.65. The van der Waals surface area contributed by atoms with Crippen molar-refractivity contribution in [2.45, 2.75) is 0 Å². The summed E-state index contributed by atoms with van der Waals surface area (Å²) < 4.78 is 0. The molecule has 0 aromatic heterocycles. The highest BCUT2D eigenvalue weighted by Crippen LogP contribution is 2.46. The van der Waals surface area contributed by atoms with E-state index in [0.717, 1.165) is 53.9 Å². The van der Waals surface area contributed by atoms with E-state index < -0.39 is 0 Å². The molecule has 0 N–H and O–H groups in total. The summed E-state index contributed by atoms with van der Waals surface area (Å²) >= 11 is 0. The van der Waals surface area contributed by atoms with Crippen LogP contribution in [0.15, 0.2) is 119 Å². The third-order valence-electron chi connectivity index (χ3n) is 8.68. The highest BCUT2D eigenvalue weighted by molar-refractivity contribution is 6.42. The number of benzene rings is 9. The van der Waals surface area contributed by atoms with Crippen molar-refractivity contribution in [3.8, 4) is 0 Å². The van der Waals surface area contributed by atoms with Crippen LogP contribution in [0.5, 0.6) is 0 Å². The molecule has 40 heavy (non-hydrogen) atoms. The lowest BCUT2D eigenvalue weighted by atomic mass is 9.81. The summed E-state index contributed by atoms with van der Waals surface area (Å²) in [5, 5.41) is 11.5. The zero-order valence-electron chi connectivity index (χ0n) is 21.1. The lowest BCUT2D eigenvalue weighted by molar-refractivity contribution is 0.104. The molecule has 9 aromatic rings. The topological polar surface area (TPSA) is 51.2 Å². The van der Waals surface area contributed by atoms with Gasteiger partial charge in [-0.15, -0.1) is 0 Å². The Bertz CT molecular complexity index is 2640. The van der Waals surface area contributed by atoms with E-state index in [-0.39, 0.29) is 16.6 Å². The monoisotopic (exact) mass is 510 g/mol. The molecule has 9 rings (SSSR count). The summed E-state index contributed by atoms with van der Waals surface area (Å²) in [4.78, 5) is 41.8. The van der Waals surface area contributed by atoms with E-state index in [0.29, 0.717) is 32.7 Å². The Labute approximate surface area is 226 Å². The van der Waals surface area contributed by atoms with Crippen LogP contribution in [0.1, 0.15) is 15.9 Å². The lowest BCUT2D eigenvalue weighted by Crippen LogP contribution is -2.09. The van der Waals surface area contributed by atoms with Gasteiger partial charge in [0.05, 0.1) is 0 Å². The third-order valence-corrected chi connectivity index (χ3v) is 8.68. The highest BCUT2D eigenvalue weighted by atomic mass is 16.1. The Hall–Kier alpha value is -5.41. The van der Waals surface area contributed by atoms with E-state index in [4.69, 9.17) is 0 Å². The standard InChI is InChI=1S/C37H18O3/c38-35(19-8-2-1-3-9-19)29-18-30-33-26(21-10-4-7-13-24(21)37(30)40)16-20-14-15-25-32-27(17-28(29)34(33)31(20)32)22-11-5-6-12-23(22)36(25)39/h1-18H. The molecule has 0 saturated carbocycles. The maximum absolute atomic E-state index is 14.1. The second kappa shape index (κ2) is 7.37. The molecule has 3 heteroatoms. The fourth-order valence-electron chi connectivity index (χ4n) is 6.97. The van der Waals surface area contributed by atoms with Gasteiger partial charge in [-0.2, -0.15) is 0 Å². The van der Waals surface area contributed by atoms with Crippen molar-refractivity contribution >= 4 is 81.2 Å². The fourth-order valence-corrected chi connectivity index (χ4v) is 6.97. The summed E-state index contributed by atoms with van der Waals surface area (Å²) in [5.74, 6) is -0.129. The number of hydrogen-bond donors (Lipinski definition) is 0. The van der Waals surface area contributed by atoms with Crippen molar-refractivity contribution < 1.29 is 4.79 Å². The molecule has 184 valence electrons. The molecule has 9 aromatic carbocycles. The normalized spacial score (nSPS) is 12.3. The quantitative estimate of drug-likeness (QED) is 0.134. The summed E-state index contributed by atoms with van der Waals surface area (Å²) in [6, 6.07) is 34.5. The largest absolute Gasteiger partial charge is 0.289 e. The number of carbonyl (C=O) groups is 1. The van der Waals surface area contributed by atoms with Gasteiger partial charge >= 0.3 is 0 Å². The van der Waals surface area contributed by atoms with Crippen LogP contribution in [0.2, 0.25) is 0 Å². The molecule has 0 aliphatic heterocycles. The molecule has 0 aliphatic carbocycles. The first-order valence-corrected chi connectivity index (χ1v) is 13.3. The van der Waals surface area contributed by atoms with Crippen molar-refractivity contribution in [2.24, 2.45) is 0 Å². The van der Waals surface area contributed by atoms with Crippen molar-refractivity contribution in [1.82, 2.24) is 0 Å². The average molecular weight is 511 g/mol. The number of rotatable bonds is 2. The molecular weight excluding hydrogens is 492 g/mol. The van der Waals surface area contributed by atoms with Crippen molar-refractivity contribution in [1.29, 1.82) is 0 Å². The summed E-state index contributed by atoms with van der Waals surface area (Å²) in [5.41, 5.74) is 0.976. The van der Waals surface area contributed by atoms with Crippen LogP contribution in [0.4, 0.5) is 0 Å². The van der Waals surface area contributed by atoms with E-state index in [1.54, 1.807) is 6.07 Å². The van der Waals surface area contributed by atoms with Gasteiger partial charge in [-0.05, 0) is 67.4 Å². The third kappa shape index (κ3) is 2.52. The zero-order chi connectivity index (χ0) is 26.7. The number of fused-ring (bicyclic) bond motifs is 4. The second-order valence-corrected chi connectivity index (χ2v) is 10.6. The Morgan fingerprint density at radius 3 is 1.68 bits per heavy atom. The number of ketones is 1. The Morgan fingerprint density at radius 1 is 0.400 bits per heavy atom. The molecule has 0 saturated heterocycles. The van der Waals surface area contributed by atoms with Gasteiger partial charge in [-0.3, -0.25) is 14.4 Å². The van der Waals surface area contributed by atoms with Crippen LogP contribution in [0.25, 0.3) is 75.4 Å². The SMILES string of the molecule is O=C(c1ccccc1)c1cc2c(=O)c3ccccc3c3cc4ccc5c(=O)c6ccccc6c6cc1c(c23)c4c56. The van der Waals surface area contributed by atoms with Gasteiger partial charge in [0, 0.05) is 43.4 Å². The van der Waals surface area contributed by atoms with Crippen molar-refractivity contribution in [3.05, 3.63) is 141 Å². The van der Waals surface area contributed by atoms with E-state index in [1.165, 1.54) is 0 Å². The molecule has 0 aliphatic rings. The van der Waals surface area contributed by atoms with Crippen LogP contribution in [-0.2, 0) is 0 Å². The lowest BCUT2D eigenvalue weighted by Gasteiger charge is -2.20. The van der Waals surface area contributed by atoms with Gasteiger partial charge in [0.1, 0.15) is 0 Å². The molecule has 3 nitrogen and oxygen atoms in total. The minimum absolute atomic E-state index is 0.00409. The van der Waals surface area contributed by atoms with Gasteiger partial charge in [0.25, 0.3) is 0 Å². The number of carbonyl (C=O) groups excluding carboxylic acids is 1.